The Morgan fingerprint density at radius 3 is 2.50 bits per heavy atom. The number of nitrogens with zero attached hydrogens (tertiary/aromatic N) is 2. The first kappa shape index (κ1) is 16.1. The molecule has 0 aromatic carbocycles. The second kappa shape index (κ2) is 6.35. The number of carbonyl (C=O) groups is 1. The maximum absolute atomic E-state index is 12.5. The van der Waals surface area contributed by atoms with Crippen LogP contribution >= 0.6 is 0 Å². The third-order valence-corrected chi connectivity index (χ3v) is 8.00. The average Bonchev–Trinajstić information content (AvgIpc) is 2.98. The molecule has 3 aliphatic rings. The SMILES string of the molecule is CCN1C[C@@H]2CCN(C(=O)NC3CCCC3)CC[C@H]2S1(=O)=O. The number of amides is 2. The Balaban J connectivity index is 1.61. The standard InChI is InChI=1S/C15H27N3O3S/c1-2-18-11-12-7-9-17(10-8-14(12)22(18,20)21)15(19)16-13-5-3-4-6-13/h12-14H,2-11H2,1H3,(H,16,19)/t12-,14+/m0/s1. The van der Waals surface area contributed by atoms with Gasteiger partial charge in [-0.25, -0.2) is 17.5 Å². The van der Waals surface area contributed by atoms with Crippen LogP contribution in [0.2, 0.25) is 0 Å². The summed E-state index contributed by atoms with van der Waals surface area (Å²) >= 11 is 0. The van der Waals surface area contributed by atoms with Gasteiger partial charge in [-0.05, 0) is 31.6 Å². The van der Waals surface area contributed by atoms with E-state index in [4.69, 9.17) is 0 Å². The third-order valence-electron chi connectivity index (χ3n) is 5.48. The summed E-state index contributed by atoms with van der Waals surface area (Å²) < 4.78 is 26.6. The molecular formula is C15H27N3O3S. The van der Waals surface area contributed by atoms with Crippen LogP contribution < -0.4 is 5.32 Å². The molecule has 2 aliphatic heterocycles. The summed E-state index contributed by atoms with van der Waals surface area (Å²) in [6, 6.07) is 0.311. The zero-order valence-electron chi connectivity index (χ0n) is 13.3. The molecule has 0 spiro atoms. The molecule has 1 N–H and O–H groups in total. The number of nitrogens with one attached hydrogen (secondary N) is 1. The lowest BCUT2D eigenvalue weighted by molar-refractivity contribution is 0.194. The minimum absolute atomic E-state index is 0.00313. The molecule has 0 bridgehead atoms. The second-order valence-corrected chi connectivity index (χ2v) is 8.94. The van der Waals surface area contributed by atoms with E-state index in [0.717, 1.165) is 19.3 Å². The van der Waals surface area contributed by atoms with Crippen LogP contribution in [0.15, 0.2) is 0 Å². The molecule has 2 saturated heterocycles. The highest BCUT2D eigenvalue weighted by Gasteiger charge is 2.46. The Morgan fingerprint density at radius 1 is 1.14 bits per heavy atom. The smallest absolute Gasteiger partial charge is 0.317 e. The van der Waals surface area contributed by atoms with E-state index in [-0.39, 0.29) is 17.2 Å². The van der Waals surface area contributed by atoms with Crippen LogP contribution in [0.5, 0.6) is 0 Å². The van der Waals surface area contributed by atoms with Gasteiger partial charge in [-0.2, -0.15) is 0 Å². The minimum atomic E-state index is -3.16. The van der Waals surface area contributed by atoms with Gasteiger partial charge in [0.1, 0.15) is 0 Å². The maximum atomic E-state index is 12.5. The number of rotatable bonds is 2. The molecule has 0 aromatic rings. The van der Waals surface area contributed by atoms with Crippen LogP contribution in [-0.4, -0.2) is 61.1 Å². The topological polar surface area (TPSA) is 69.7 Å². The molecule has 0 unspecified atom stereocenters. The lowest BCUT2D eigenvalue weighted by atomic mass is 10.0. The van der Waals surface area contributed by atoms with Gasteiger partial charge in [0.2, 0.25) is 10.0 Å². The van der Waals surface area contributed by atoms with Crippen molar-refractivity contribution < 1.29 is 13.2 Å². The van der Waals surface area contributed by atoms with Crippen LogP contribution in [0, 0.1) is 5.92 Å². The van der Waals surface area contributed by atoms with Crippen molar-refractivity contribution in [1.29, 1.82) is 0 Å². The van der Waals surface area contributed by atoms with Gasteiger partial charge in [-0.15, -0.1) is 0 Å². The Labute approximate surface area is 133 Å². The van der Waals surface area contributed by atoms with Crippen molar-refractivity contribution in [3.63, 3.8) is 0 Å². The normalized spacial score (nSPS) is 32.7. The maximum Gasteiger partial charge on any atom is 0.317 e. The van der Waals surface area contributed by atoms with E-state index in [1.165, 1.54) is 12.8 Å². The predicted octanol–water partition coefficient (Wildman–Crippen LogP) is 1.38. The fraction of sp³-hybridized carbons (Fsp3) is 0.933. The molecular weight excluding hydrogens is 302 g/mol. The summed E-state index contributed by atoms with van der Waals surface area (Å²) in [4.78, 5) is 14.2. The highest BCUT2D eigenvalue weighted by atomic mass is 32.2. The summed E-state index contributed by atoms with van der Waals surface area (Å²) in [5, 5.41) is 2.82. The fourth-order valence-electron chi connectivity index (χ4n) is 4.14. The third kappa shape index (κ3) is 2.97. The summed E-state index contributed by atoms with van der Waals surface area (Å²) in [6.45, 7) is 4.30. The van der Waals surface area contributed by atoms with E-state index in [9.17, 15) is 13.2 Å². The summed E-state index contributed by atoms with van der Waals surface area (Å²) in [7, 11) is -3.16. The van der Waals surface area contributed by atoms with Crippen LogP contribution in [0.1, 0.15) is 45.4 Å². The molecule has 2 atom stereocenters. The number of hydrogen-bond acceptors (Lipinski definition) is 3. The summed E-state index contributed by atoms with van der Waals surface area (Å²) in [6.07, 6.45) is 5.90. The van der Waals surface area contributed by atoms with Gasteiger partial charge in [-0.3, -0.25) is 0 Å². The number of urea groups is 1. The van der Waals surface area contributed by atoms with Crippen molar-refractivity contribution in [3.05, 3.63) is 0 Å². The van der Waals surface area contributed by atoms with E-state index in [2.05, 4.69) is 5.32 Å². The number of sulfonamides is 1. The highest BCUT2D eigenvalue weighted by Crippen LogP contribution is 2.34. The Hall–Kier alpha value is -0.820. The molecule has 1 saturated carbocycles. The molecule has 2 amide bonds. The van der Waals surface area contributed by atoms with E-state index in [0.29, 0.717) is 38.6 Å². The van der Waals surface area contributed by atoms with E-state index < -0.39 is 10.0 Å². The second-order valence-electron chi connectivity index (χ2n) is 6.79. The number of fused-ring (bicyclic) bond motifs is 1. The predicted molar refractivity (Wildman–Crippen MR) is 85.0 cm³/mol. The molecule has 22 heavy (non-hydrogen) atoms. The van der Waals surface area contributed by atoms with Crippen molar-refractivity contribution in [2.45, 2.75) is 56.7 Å². The fourth-order valence-corrected chi connectivity index (χ4v) is 6.40. The van der Waals surface area contributed by atoms with Crippen LogP contribution in [0.25, 0.3) is 0 Å². The van der Waals surface area contributed by atoms with Gasteiger partial charge < -0.3 is 10.2 Å². The quantitative estimate of drug-likeness (QED) is 0.832. The van der Waals surface area contributed by atoms with Crippen molar-refractivity contribution >= 4 is 16.1 Å². The van der Waals surface area contributed by atoms with Gasteiger partial charge in [0.05, 0.1) is 5.25 Å². The van der Waals surface area contributed by atoms with Gasteiger partial charge in [0.15, 0.2) is 0 Å². The zero-order valence-corrected chi connectivity index (χ0v) is 14.1. The zero-order chi connectivity index (χ0) is 15.7. The van der Waals surface area contributed by atoms with Crippen molar-refractivity contribution in [3.8, 4) is 0 Å². The van der Waals surface area contributed by atoms with Crippen molar-refractivity contribution in [1.82, 2.24) is 14.5 Å². The van der Waals surface area contributed by atoms with E-state index in [1.807, 2.05) is 11.8 Å². The monoisotopic (exact) mass is 329 g/mol. The highest BCUT2D eigenvalue weighted by molar-refractivity contribution is 7.90. The summed E-state index contributed by atoms with van der Waals surface area (Å²) in [5.74, 6) is 0.175. The molecule has 0 radical (unpaired) electrons. The average molecular weight is 329 g/mol. The molecule has 2 heterocycles. The van der Waals surface area contributed by atoms with Gasteiger partial charge in [0.25, 0.3) is 0 Å². The summed E-state index contributed by atoms with van der Waals surface area (Å²) in [5.41, 5.74) is 0. The van der Waals surface area contributed by atoms with Crippen molar-refractivity contribution in [2.75, 3.05) is 26.2 Å². The molecule has 3 fully saturated rings. The van der Waals surface area contributed by atoms with Crippen molar-refractivity contribution in [2.24, 2.45) is 5.92 Å². The number of likely N-dealkylation sites (tertiary alicyclic amines) is 1. The minimum Gasteiger partial charge on any atom is -0.335 e. The molecule has 126 valence electrons. The molecule has 1 aliphatic carbocycles. The van der Waals surface area contributed by atoms with Crippen LogP contribution in [0.3, 0.4) is 0 Å². The van der Waals surface area contributed by atoms with E-state index >= 15 is 0 Å². The van der Waals surface area contributed by atoms with Gasteiger partial charge in [0, 0.05) is 32.2 Å². The Morgan fingerprint density at radius 2 is 1.82 bits per heavy atom. The van der Waals surface area contributed by atoms with Crippen LogP contribution in [-0.2, 0) is 10.0 Å². The Kier molecular flexibility index (Phi) is 4.64. The molecule has 6 nitrogen and oxygen atoms in total. The number of carbonyl (C=O) groups excluding carboxylic acids is 1. The molecule has 0 aromatic heterocycles. The molecule has 3 rings (SSSR count). The lowest BCUT2D eigenvalue weighted by Crippen LogP contribution is -2.44. The first-order chi connectivity index (χ1) is 10.5. The van der Waals surface area contributed by atoms with Gasteiger partial charge >= 0.3 is 6.03 Å². The van der Waals surface area contributed by atoms with Gasteiger partial charge in [-0.1, -0.05) is 19.8 Å². The largest absolute Gasteiger partial charge is 0.335 e. The molecule has 7 heteroatoms. The first-order valence-electron chi connectivity index (χ1n) is 8.56. The number of hydrogen-bond donors (Lipinski definition) is 1. The van der Waals surface area contributed by atoms with E-state index in [1.54, 1.807) is 4.31 Å². The van der Waals surface area contributed by atoms with Crippen LogP contribution in [0.4, 0.5) is 4.79 Å². The first-order valence-corrected chi connectivity index (χ1v) is 10.1. The Bertz CT molecular complexity index is 516. The lowest BCUT2D eigenvalue weighted by Gasteiger charge is -2.24.